The van der Waals surface area contributed by atoms with E-state index in [1.807, 2.05) is 65.7 Å². The molecule has 1 aliphatic rings. The van der Waals surface area contributed by atoms with Crippen molar-refractivity contribution in [2.45, 2.75) is 32.9 Å². The van der Waals surface area contributed by atoms with E-state index < -0.39 is 0 Å². The summed E-state index contributed by atoms with van der Waals surface area (Å²) in [4.78, 5) is 24.3. The van der Waals surface area contributed by atoms with Gasteiger partial charge in [0.05, 0.1) is 17.8 Å². The van der Waals surface area contributed by atoms with Crippen molar-refractivity contribution in [3.8, 4) is 5.82 Å². The minimum Gasteiger partial charge on any atom is -0.352 e. The minimum atomic E-state index is -0.223. The minimum absolute atomic E-state index is 0.112. The first-order valence-corrected chi connectivity index (χ1v) is 12.3. The lowest BCUT2D eigenvalue weighted by Gasteiger charge is -2.27. The van der Waals surface area contributed by atoms with E-state index in [1.54, 1.807) is 6.20 Å². The Morgan fingerprint density at radius 2 is 1.78 bits per heavy atom. The molecular formula is C28H28N6OS. The van der Waals surface area contributed by atoms with Crippen molar-refractivity contribution < 1.29 is 4.79 Å². The van der Waals surface area contributed by atoms with Gasteiger partial charge >= 0.3 is 0 Å². The van der Waals surface area contributed by atoms with Gasteiger partial charge in [-0.1, -0.05) is 24.3 Å². The zero-order valence-electron chi connectivity index (χ0n) is 20.5. The van der Waals surface area contributed by atoms with Gasteiger partial charge in [-0.2, -0.15) is 0 Å². The molecule has 0 saturated carbocycles. The van der Waals surface area contributed by atoms with Crippen molar-refractivity contribution >= 4 is 28.9 Å². The molecule has 36 heavy (non-hydrogen) atoms. The average molecular weight is 497 g/mol. The van der Waals surface area contributed by atoms with E-state index in [-0.39, 0.29) is 24.5 Å². The van der Waals surface area contributed by atoms with E-state index in [9.17, 15) is 4.79 Å². The number of nitrogens with zero attached hydrogens (tertiary/aromatic N) is 4. The van der Waals surface area contributed by atoms with Crippen LogP contribution < -0.4 is 10.6 Å². The lowest BCUT2D eigenvalue weighted by Crippen LogP contribution is -2.37. The van der Waals surface area contributed by atoms with Crippen LogP contribution in [0.5, 0.6) is 0 Å². The fraction of sp³-hybridized carbons (Fsp3) is 0.214. The molecule has 8 heteroatoms. The van der Waals surface area contributed by atoms with Gasteiger partial charge in [-0.25, -0.2) is 4.98 Å². The maximum absolute atomic E-state index is 13.1. The Balaban J connectivity index is 1.54. The number of rotatable bonds is 6. The van der Waals surface area contributed by atoms with E-state index >= 15 is 0 Å². The van der Waals surface area contributed by atoms with E-state index in [4.69, 9.17) is 12.2 Å². The Kier molecular flexibility index (Phi) is 6.52. The maximum atomic E-state index is 13.1. The number of benzene rings is 1. The van der Waals surface area contributed by atoms with E-state index in [0.717, 1.165) is 39.7 Å². The molecule has 4 heterocycles. The van der Waals surface area contributed by atoms with Crippen LogP contribution in [0.25, 0.3) is 5.82 Å². The van der Waals surface area contributed by atoms with Crippen molar-refractivity contribution in [2.75, 3.05) is 11.9 Å². The zero-order valence-corrected chi connectivity index (χ0v) is 21.3. The van der Waals surface area contributed by atoms with Crippen molar-refractivity contribution in [3.05, 3.63) is 107 Å². The van der Waals surface area contributed by atoms with Crippen LogP contribution in [0.3, 0.4) is 0 Å². The van der Waals surface area contributed by atoms with Gasteiger partial charge in [0, 0.05) is 29.5 Å². The molecule has 0 unspecified atom stereocenters. The summed E-state index contributed by atoms with van der Waals surface area (Å²) in [5.74, 6) is 0.735. The molecule has 1 saturated heterocycles. The second-order valence-electron chi connectivity index (χ2n) is 9.02. The fourth-order valence-corrected chi connectivity index (χ4v) is 5.18. The maximum Gasteiger partial charge on any atom is 0.244 e. The number of hydrogen-bond acceptors (Lipinski definition) is 4. The number of anilines is 1. The summed E-state index contributed by atoms with van der Waals surface area (Å²) in [6, 6.07) is 21.1. The predicted octanol–water partition coefficient (Wildman–Crippen LogP) is 4.80. The Morgan fingerprint density at radius 3 is 2.50 bits per heavy atom. The van der Waals surface area contributed by atoms with Gasteiger partial charge in [0.15, 0.2) is 5.11 Å². The monoisotopic (exact) mass is 496 g/mol. The highest BCUT2D eigenvalue weighted by atomic mass is 32.1. The number of para-hydroxylation sites is 1. The summed E-state index contributed by atoms with van der Waals surface area (Å²) < 4.78 is 2.15. The standard InChI is InChI=1S/C28H28N6OS/c1-18-12-14-30-24(15-18)34-19(2)16-22(20(34)3)27-26(23-11-7-8-13-29-23)32-28(36)33(27)17-25(35)31-21-9-5-4-6-10-21/h4-16,26-27H,17H2,1-3H3,(H,31,35)(H,32,36)/t26-,27-/m1/s1. The smallest absolute Gasteiger partial charge is 0.244 e. The Hall–Kier alpha value is -4.04. The number of aromatic nitrogens is 3. The highest BCUT2D eigenvalue weighted by Crippen LogP contribution is 2.41. The Morgan fingerprint density at radius 1 is 1.00 bits per heavy atom. The van der Waals surface area contributed by atoms with Gasteiger partial charge in [0.25, 0.3) is 0 Å². The second kappa shape index (κ2) is 9.91. The molecule has 0 spiro atoms. The van der Waals surface area contributed by atoms with Crippen molar-refractivity contribution in [1.29, 1.82) is 0 Å². The SMILES string of the molecule is Cc1ccnc(-n2c(C)cc([C@@H]3[C@@H](c4ccccn4)NC(=S)N3CC(=O)Nc3ccccc3)c2C)c1. The highest BCUT2D eigenvalue weighted by molar-refractivity contribution is 7.80. The number of carbonyl (C=O) groups excluding carboxylic acids is 1. The number of thiocarbonyl (C=S) groups is 1. The summed E-state index contributed by atoms with van der Waals surface area (Å²) in [5, 5.41) is 6.94. The third-order valence-electron chi connectivity index (χ3n) is 6.49. The van der Waals surface area contributed by atoms with Crippen LogP contribution in [0.4, 0.5) is 5.69 Å². The molecule has 1 aliphatic heterocycles. The summed E-state index contributed by atoms with van der Waals surface area (Å²) in [5.41, 5.74) is 5.95. The third kappa shape index (κ3) is 4.59. The first-order chi connectivity index (χ1) is 17.4. The van der Waals surface area contributed by atoms with Crippen LogP contribution in [0, 0.1) is 20.8 Å². The molecule has 0 radical (unpaired) electrons. The molecule has 5 rings (SSSR count). The topological polar surface area (TPSA) is 75.1 Å². The molecule has 2 atom stereocenters. The molecule has 1 amide bonds. The summed E-state index contributed by atoms with van der Waals surface area (Å²) >= 11 is 5.76. The summed E-state index contributed by atoms with van der Waals surface area (Å²) in [6.45, 7) is 6.33. The Labute approximate surface area is 216 Å². The van der Waals surface area contributed by atoms with Crippen molar-refractivity contribution in [1.82, 2.24) is 24.8 Å². The molecule has 2 N–H and O–H groups in total. The number of amides is 1. The lowest BCUT2D eigenvalue weighted by atomic mass is 9.96. The predicted molar refractivity (Wildman–Crippen MR) is 145 cm³/mol. The number of hydrogen-bond donors (Lipinski definition) is 2. The Bertz CT molecular complexity index is 1400. The lowest BCUT2D eigenvalue weighted by molar-refractivity contribution is -0.116. The molecule has 0 bridgehead atoms. The number of nitrogens with one attached hydrogen (secondary N) is 2. The highest BCUT2D eigenvalue weighted by Gasteiger charge is 2.42. The second-order valence-corrected chi connectivity index (χ2v) is 9.41. The molecule has 7 nitrogen and oxygen atoms in total. The van der Waals surface area contributed by atoms with Crippen LogP contribution >= 0.6 is 12.2 Å². The first-order valence-electron chi connectivity index (χ1n) is 11.9. The van der Waals surface area contributed by atoms with Gasteiger partial charge in [0.1, 0.15) is 12.4 Å². The molecule has 1 aromatic carbocycles. The molecule has 182 valence electrons. The zero-order chi connectivity index (χ0) is 25.2. The van der Waals surface area contributed by atoms with Crippen LogP contribution in [-0.2, 0) is 4.79 Å². The van der Waals surface area contributed by atoms with E-state index in [2.05, 4.69) is 58.1 Å². The number of aryl methyl sites for hydroxylation is 2. The largest absolute Gasteiger partial charge is 0.352 e. The summed E-state index contributed by atoms with van der Waals surface area (Å²) in [6.07, 6.45) is 3.61. The molecule has 4 aromatic rings. The molecule has 0 aliphatic carbocycles. The van der Waals surface area contributed by atoms with Gasteiger partial charge in [-0.3, -0.25) is 9.78 Å². The third-order valence-corrected chi connectivity index (χ3v) is 6.84. The molecular weight excluding hydrogens is 468 g/mol. The van der Waals surface area contributed by atoms with E-state index in [0.29, 0.717) is 5.11 Å². The van der Waals surface area contributed by atoms with Gasteiger partial charge in [-0.05, 0) is 86.6 Å². The fourth-order valence-electron chi connectivity index (χ4n) is 4.87. The normalized spacial score (nSPS) is 17.2. The molecule has 1 fully saturated rings. The van der Waals surface area contributed by atoms with Crippen molar-refractivity contribution in [2.24, 2.45) is 0 Å². The van der Waals surface area contributed by atoms with E-state index in [1.165, 1.54) is 0 Å². The van der Waals surface area contributed by atoms with Gasteiger partial charge < -0.3 is 20.1 Å². The van der Waals surface area contributed by atoms with Crippen molar-refractivity contribution in [3.63, 3.8) is 0 Å². The molecule has 3 aromatic heterocycles. The average Bonchev–Trinajstić information content (AvgIpc) is 3.35. The first kappa shape index (κ1) is 23.7. The number of pyridine rings is 2. The van der Waals surface area contributed by atoms with Gasteiger partial charge in [0.2, 0.25) is 5.91 Å². The summed E-state index contributed by atoms with van der Waals surface area (Å²) in [7, 11) is 0. The van der Waals surface area contributed by atoms with Crippen LogP contribution in [0.2, 0.25) is 0 Å². The van der Waals surface area contributed by atoms with Crippen LogP contribution in [0.1, 0.15) is 40.3 Å². The number of carbonyl (C=O) groups is 1. The van der Waals surface area contributed by atoms with Gasteiger partial charge in [-0.15, -0.1) is 0 Å². The van der Waals surface area contributed by atoms with Crippen LogP contribution in [0.15, 0.2) is 79.1 Å². The quantitative estimate of drug-likeness (QED) is 0.374. The van der Waals surface area contributed by atoms with Crippen LogP contribution in [-0.4, -0.2) is 37.0 Å².